The first kappa shape index (κ1) is 15.4. The maximum absolute atomic E-state index is 12.4. The Hall–Kier alpha value is -0.450. The zero-order chi connectivity index (χ0) is 15.0. The molecule has 1 heterocycles. The van der Waals surface area contributed by atoms with Crippen molar-refractivity contribution >= 4 is 89.4 Å². The first-order valence-electron chi connectivity index (χ1n) is 5.85. The molecule has 0 unspecified atom stereocenters. The highest BCUT2D eigenvalue weighted by Crippen LogP contribution is 2.29. The van der Waals surface area contributed by atoms with Crippen molar-refractivity contribution in [3.63, 3.8) is 0 Å². The number of nitrogens with zero attached hydrogens (tertiary/aromatic N) is 1. The second-order valence-corrected chi connectivity index (χ2v) is 8.08. The van der Waals surface area contributed by atoms with Gasteiger partial charge in [0.1, 0.15) is 0 Å². The number of rotatable bonds is 2. The number of halogens is 3. The Morgan fingerprint density at radius 3 is 2.81 bits per heavy atom. The molecule has 3 rings (SSSR count). The zero-order valence-electron chi connectivity index (χ0n) is 10.4. The zero-order valence-corrected chi connectivity index (χ0v) is 16.2. The summed E-state index contributed by atoms with van der Waals surface area (Å²) in [5.41, 5.74) is 1.48. The highest BCUT2D eigenvalue weighted by atomic mass is 127. The van der Waals surface area contributed by atoms with Gasteiger partial charge in [-0.1, -0.05) is 22.9 Å². The molecule has 21 heavy (non-hydrogen) atoms. The lowest BCUT2D eigenvalue weighted by Gasteiger charge is -2.04. The Kier molecular flexibility index (Phi) is 4.67. The minimum atomic E-state index is -0.150. The van der Waals surface area contributed by atoms with Crippen LogP contribution in [0.3, 0.4) is 0 Å². The molecule has 106 valence electrons. The van der Waals surface area contributed by atoms with Gasteiger partial charge in [-0.05, 0) is 81.6 Å². The van der Waals surface area contributed by atoms with Crippen LogP contribution in [0.15, 0.2) is 36.4 Å². The summed E-state index contributed by atoms with van der Waals surface area (Å²) in [7, 11) is 0. The van der Waals surface area contributed by atoms with Crippen LogP contribution in [0.1, 0.15) is 10.4 Å². The van der Waals surface area contributed by atoms with Crippen molar-refractivity contribution in [1.29, 1.82) is 0 Å². The summed E-state index contributed by atoms with van der Waals surface area (Å²) < 4.78 is 2.89. The second kappa shape index (κ2) is 6.35. The maximum atomic E-state index is 12.4. The lowest BCUT2D eigenvalue weighted by atomic mass is 10.2. The first-order chi connectivity index (χ1) is 10.0. The Labute approximate surface area is 157 Å². The van der Waals surface area contributed by atoms with Crippen molar-refractivity contribution in [2.45, 2.75) is 0 Å². The third-order valence-corrected chi connectivity index (χ3v) is 5.52. The van der Waals surface area contributed by atoms with Crippen LogP contribution in [0.5, 0.6) is 0 Å². The number of thiazole rings is 1. The van der Waals surface area contributed by atoms with Gasteiger partial charge >= 0.3 is 0 Å². The number of fused-ring (bicyclic) bond motifs is 1. The summed E-state index contributed by atoms with van der Waals surface area (Å²) >= 11 is 11.7. The molecule has 0 saturated heterocycles. The van der Waals surface area contributed by atoms with E-state index in [4.69, 9.17) is 11.6 Å². The van der Waals surface area contributed by atoms with Crippen LogP contribution in [0, 0.1) is 7.14 Å². The number of amides is 1. The molecule has 0 aliphatic carbocycles. The molecular formula is C14H7ClI2N2OS. The van der Waals surface area contributed by atoms with Gasteiger partial charge in [0.25, 0.3) is 5.91 Å². The van der Waals surface area contributed by atoms with Crippen molar-refractivity contribution in [1.82, 2.24) is 4.98 Å². The van der Waals surface area contributed by atoms with Crippen LogP contribution in [0.2, 0.25) is 5.02 Å². The smallest absolute Gasteiger partial charge is 0.258 e. The van der Waals surface area contributed by atoms with Gasteiger partial charge in [0.15, 0.2) is 5.13 Å². The molecule has 3 nitrogen and oxygen atoms in total. The normalized spacial score (nSPS) is 10.8. The average molecular weight is 541 g/mol. The number of anilines is 1. The molecule has 1 N–H and O–H groups in total. The summed E-state index contributed by atoms with van der Waals surface area (Å²) in [6.07, 6.45) is 0. The molecule has 0 aliphatic heterocycles. The third kappa shape index (κ3) is 3.49. The van der Waals surface area contributed by atoms with Crippen LogP contribution in [-0.4, -0.2) is 10.9 Å². The number of nitrogens with one attached hydrogen (secondary N) is 1. The standard InChI is InChI=1S/C14H7ClI2N2OS/c15-7-1-4-11-12(5-7)21-14(18-11)19-13(20)9-6-8(16)2-3-10(9)17/h1-6H,(H,18,19,20). The predicted molar refractivity (Wildman–Crippen MR) is 104 cm³/mol. The number of carbonyl (C=O) groups excluding carboxylic acids is 1. The minimum Gasteiger partial charge on any atom is -0.298 e. The van der Waals surface area contributed by atoms with Crippen LogP contribution in [0.25, 0.3) is 10.2 Å². The van der Waals surface area contributed by atoms with E-state index in [1.165, 1.54) is 11.3 Å². The summed E-state index contributed by atoms with van der Waals surface area (Å²) in [6, 6.07) is 11.2. The van der Waals surface area contributed by atoms with Gasteiger partial charge in [0, 0.05) is 12.2 Å². The Morgan fingerprint density at radius 1 is 1.19 bits per heavy atom. The quantitative estimate of drug-likeness (QED) is 0.442. The molecular weight excluding hydrogens is 533 g/mol. The molecule has 0 atom stereocenters. The highest BCUT2D eigenvalue weighted by Gasteiger charge is 2.13. The first-order valence-corrected chi connectivity index (χ1v) is 9.20. The molecule has 0 fully saturated rings. The molecule has 1 aromatic heterocycles. The molecule has 0 saturated carbocycles. The average Bonchev–Trinajstić information content (AvgIpc) is 2.82. The fourth-order valence-corrected chi connectivity index (χ4v) is 4.00. The van der Waals surface area contributed by atoms with Gasteiger partial charge in [-0.25, -0.2) is 4.98 Å². The molecule has 2 aromatic carbocycles. The van der Waals surface area contributed by atoms with Gasteiger partial charge in [-0.3, -0.25) is 10.1 Å². The Morgan fingerprint density at radius 2 is 2.00 bits per heavy atom. The van der Waals surface area contributed by atoms with Crippen molar-refractivity contribution < 1.29 is 4.79 Å². The summed E-state index contributed by atoms with van der Waals surface area (Å²) in [5, 5.41) is 4.09. The monoisotopic (exact) mass is 540 g/mol. The van der Waals surface area contributed by atoms with Gasteiger partial charge in [-0.2, -0.15) is 0 Å². The van der Waals surface area contributed by atoms with E-state index in [9.17, 15) is 4.79 Å². The van der Waals surface area contributed by atoms with E-state index < -0.39 is 0 Å². The predicted octanol–water partition coefficient (Wildman–Crippen LogP) is 5.41. The fraction of sp³-hybridized carbons (Fsp3) is 0. The van der Waals surface area contributed by atoms with E-state index in [2.05, 4.69) is 55.5 Å². The van der Waals surface area contributed by atoms with Crippen molar-refractivity contribution in [3.8, 4) is 0 Å². The fourth-order valence-electron chi connectivity index (χ4n) is 1.79. The van der Waals surface area contributed by atoms with Crippen LogP contribution < -0.4 is 5.32 Å². The van der Waals surface area contributed by atoms with E-state index in [1.54, 1.807) is 6.07 Å². The van der Waals surface area contributed by atoms with E-state index in [0.29, 0.717) is 15.7 Å². The van der Waals surface area contributed by atoms with Crippen LogP contribution >= 0.6 is 68.1 Å². The Bertz CT molecular complexity index is 850. The van der Waals surface area contributed by atoms with Crippen molar-refractivity contribution in [2.24, 2.45) is 0 Å². The molecule has 0 bridgehead atoms. The van der Waals surface area contributed by atoms with Gasteiger partial charge in [0.05, 0.1) is 15.8 Å². The van der Waals surface area contributed by atoms with Crippen LogP contribution in [-0.2, 0) is 0 Å². The lowest BCUT2D eigenvalue weighted by molar-refractivity contribution is 0.102. The van der Waals surface area contributed by atoms with Crippen molar-refractivity contribution in [3.05, 3.63) is 54.1 Å². The molecule has 0 radical (unpaired) electrons. The number of carbonyl (C=O) groups is 1. The number of hydrogen-bond donors (Lipinski definition) is 1. The highest BCUT2D eigenvalue weighted by molar-refractivity contribution is 14.1. The van der Waals surface area contributed by atoms with Crippen molar-refractivity contribution in [2.75, 3.05) is 5.32 Å². The van der Waals surface area contributed by atoms with E-state index >= 15 is 0 Å². The minimum absolute atomic E-state index is 0.150. The van der Waals surface area contributed by atoms with E-state index in [-0.39, 0.29) is 5.91 Å². The molecule has 1 amide bonds. The van der Waals surface area contributed by atoms with Crippen LogP contribution in [0.4, 0.5) is 5.13 Å². The number of hydrogen-bond acceptors (Lipinski definition) is 3. The summed E-state index contributed by atoms with van der Waals surface area (Å²) in [4.78, 5) is 16.7. The molecule has 0 aliphatic rings. The van der Waals surface area contributed by atoms with Gasteiger partial charge < -0.3 is 0 Å². The second-order valence-electron chi connectivity index (χ2n) is 4.21. The lowest BCUT2D eigenvalue weighted by Crippen LogP contribution is -2.13. The largest absolute Gasteiger partial charge is 0.298 e. The summed E-state index contributed by atoms with van der Waals surface area (Å²) in [5.74, 6) is -0.150. The molecule has 0 spiro atoms. The molecule has 7 heteroatoms. The molecule has 3 aromatic rings. The maximum Gasteiger partial charge on any atom is 0.258 e. The summed E-state index contributed by atoms with van der Waals surface area (Å²) in [6.45, 7) is 0. The van der Waals surface area contributed by atoms with Gasteiger partial charge in [-0.15, -0.1) is 0 Å². The number of aromatic nitrogens is 1. The van der Waals surface area contributed by atoms with E-state index in [0.717, 1.165) is 17.4 Å². The number of benzene rings is 2. The van der Waals surface area contributed by atoms with Gasteiger partial charge in [0.2, 0.25) is 0 Å². The van der Waals surface area contributed by atoms with E-state index in [1.807, 2.05) is 30.3 Å². The topological polar surface area (TPSA) is 42.0 Å². The third-order valence-electron chi connectivity index (χ3n) is 2.74. The SMILES string of the molecule is O=C(Nc1nc2ccc(Cl)cc2s1)c1cc(I)ccc1I. The Balaban J connectivity index is 1.90.